The minimum absolute atomic E-state index is 0.449. The molecule has 4 rings (SSSR count). The summed E-state index contributed by atoms with van der Waals surface area (Å²) in [6.45, 7) is 3.86. The van der Waals surface area contributed by atoms with Crippen LogP contribution in [0, 0.1) is 13.8 Å². The summed E-state index contributed by atoms with van der Waals surface area (Å²) in [6, 6.07) is 5.94. The van der Waals surface area contributed by atoms with E-state index in [0.29, 0.717) is 21.9 Å². The van der Waals surface area contributed by atoms with Crippen LogP contribution in [0.1, 0.15) is 37.2 Å². The smallest absolute Gasteiger partial charge is 0.227 e. The lowest BCUT2D eigenvalue weighted by molar-refractivity contribution is 0.725. The second kappa shape index (κ2) is 6.46. The number of rotatable bonds is 3. The highest BCUT2D eigenvalue weighted by Gasteiger charge is 2.21. The number of hydrogen-bond acceptors (Lipinski definition) is 4. The van der Waals surface area contributed by atoms with E-state index in [2.05, 4.69) is 20.4 Å². The molecule has 0 atom stereocenters. The van der Waals surface area contributed by atoms with Gasteiger partial charge in [-0.15, -0.1) is 0 Å². The molecule has 0 amide bonds. The van der Waals surface area contributed by atoms with Gasteiger partial charge in [0, 0.05) is 16.6 Å². The minimum atomic E-state index is 0.449. The zero-order chi connectivity index (χ0) is 17.6. The second-order valence-electron chi connectivity index (χ2n) is 6.54. The summed E-state index contributed by atoms with van der Waals surface area (Å²) in [6.07, 6.45) is 4.85. The molecule has 7 heteroatoms. The molecule has 1 aliphatic rings. The molecule has 5 nitrogen and oxygen atoms in total. The average molecular weight is 376 g/mol. The summed E-state index contributed by atoms with van der Waals surface area (Å²) in [4.78, 5) is 9.20. The summed E-state index contributed by atoms with van der Waals surface area (Å²) in [7, 11) is 0. The van der Waals surface area contributed by atoms with Crippen LogP contribution in [0.5, 0.6) is 0 Å². The first kappa shape index (κ1) is 16.6. The lowest BCUT2D eigenvalue weighted by Crippen LogP contribution is -2.19. The molecule has 1 aliphatic carbocycles. The first-order valence-corrected chi connectivity index (χ1v) is 9.24. The molecule has 0 radical (unpaired) electrons. The third-order valence-electron chi connectivity index (χ3n) is 4.66. The normalized spacial score (nSPS) is 15.2. The van der Waals surface area contributed by atoms with Crippen LogP contribution < -0.4 is 5.32 Å². The monoisotopic (exact) mass is 375 g/mol. The molecule has 130 valence electrons. The number of halogens is 2. The van der Waals surface area contributed by atoms with E-state index >= 15 is 0 Å². The van der Waals surface area contributed by atoms with E-state index in [1.807, 2.05) is 26.0 Å². The van der Waals surface area contributed by atoms with Crippen molar-refractivity contribution in [3.05, 3.63) is 39.8 Å². The molecule has 2 heterocycles. The highest BCUT2D eigenvalue weighted by atomic mass is 35.5. The predicted molar refractivity (Wildman–Crippen MR) is 102 cm³/mol. The Bertz CT molecular complexity index is 944. The van der Waals surface area contributed by atoms with Gasteiger partial charge in [0.2, 0.25) is 5.95 Å². The standard InChI is InChI=1S/C18H19Cl2N5/c1-10-16(14-8-7-12(19)9-15(14)20)17-21-11(2)22-18(25(17)24-10)23-13-5-3-4-6-13/h7-9,13H,3-6H2,1-2H3,(H,21,22,23). The summed E-state index contributed by atoms with van der Waals surface area (Å²) >= 11 is 12.5. The van der Waals surface area contributed by atoms with Crippen LogP contribution in [0.4, 0.5) is 5.95 Å². The number of anilines is 1. The second-order valence-corrected chi connectivity index (χ2v) is 7.38. The molecule has 0 unspecified atom stereocenters. The highest BCUT2D eigenvalue weighted by molar-refractivity contribution is 6.36. The van der Waals surface area contributed by atoms with Gasteiger partial charge in [-0.1, -0.05) is 42.1 Å². The van der Waals surface area contributed by atoms with Crippen molar-refractivity contribution in [2.45, 2.75) is 45.6 Å². The van der Waals surface area contributed by atoms with Gasteiger partial charge in [-0.3, -0.25) is 0 Å². The van der Waals surface area contributed by atoms with Gasteiger partial charge in [0.15, 0.2) is 5.65 Å². The zero-order valence-electron chi connectivity index (χ0n) is 14.2. The van der Waals surface area contributed by atoms with Crippen LogP contribution in [-0.2, 0) is 0 Å². The zero-order valence-corrected chi connectivity index (χ0v) is 15.7. The van der Waals surface area contributed by atoms with Gasteiger partial charge >= 0.3 is 0 Å². The molecular weight excluding hydrogens is 357 g/mol. The molecular formula is C18H19Cl2N5. The molecule has 0 bridgehead atoms. The lowest BCUT2D eigenvalue weighted by atomic mass is 10.1. The Balaban J connectivity index is 1.88. The summed E-state index contributed by atoms with van der Waals surface area (Å²) in [5, 5.41) is 9.41. The fraction of sp³-hybridized carbons (Fsp3) is 0.389. The largest absolute Gasteiger partial charge is 0.351 e. The average Bonchev–Trinajstić information content (AvgIpc) is 3.16. The number of benzene rings is 1. The summed E-state index contributed by atoms with van der Waals surface area (Å²) in [5.74, 6) is 1.45. The Kier molecular flexibility index (Phi) is 4.29. The van der Waals surface area contributed by atoms with Gasteiger partial charge in [-0.2, -0.15) is 14.6 Å². The van der Waals surface area contributed by atoms with E-state index in [1.54, 1.807) is 10.6 Å². The minimum Gasteiger partial charge on any atom is -0.351 e. The first-order valence-electron chi connectivity index (χ1n) is 8.49. The van der Waals surface area contributed by atoms with Gasteiger partial charge in [0.25, 0.3) is 0 Å². The van der Waals surface area contributed by atoms with Crippen molar-refractivity contribution >= 4 is 34.8 Å². The SMILES string of the molecule is Cc1nc(NC2CCCC2)n2nc(C)c(-c3ccc(Cl)cc3Cl)c2n1. The van der Waals surface area contributed by atoms with Crippen LogP contribution in [0.3, 0.4) is 0 Å². The first-order chi connectivity index (χ1) is 12.0. The van der Waals surface area contributed by atoms with Crippen molar-refractivity contribution in [2.24, 2.45) is 0 Å². The van der Waals surface area contributed by atoms with Gasteiger partial charge in [-0.25, -0.2) is 4.98 Å². The number of aryl methyl sites for hydroxylation is 2. The van der Waals surface area contributed by atoms with Crippen LogP contribution in [0.2, 0.25) is 10.0 Å². The molecule has 0 spiro atoms. The summed E-state index contributed by atoms with van der Waals surface area (Å²) < 4.78 is 1.79. The molecule has 0 aliphatic heterocycles. The van der Waals surface area contributed by atoms with E-state index in [1.165, 1.54) is 25.7 Å². The molecule has 1 N–H and O–H groups in total. The van der Waals surface area contributed by atoms with E-state index in [4.69, 9.17) is 23.2 Å². The van der Waals surface area contributed by atoms with Crippen molar-refractivity contribution in [2.75, 3.05) is 5.32 Å². The Morgan fingerprint density at radius 2 is 1.88 bits per heavy atom. The Labute approximate surface area is 156 Å². The number of fused-ring (bicyclic) bond motifs is 1. The Hall–Kier alpha value is -1.85. The number of aromatic nitrogens is 4. The molecule has 3 aromatic rings. The number of nitrogens with one attached hydrogen (secondary N) is 1. The van der Waals surface area contributed by atoms with E-state index in [-0.39, 0.29) is 0 Å². The summed E-state index contributed by atoms with van der Waals surface area (Å²) in [5.41, 5.74) is 3.42. The van der Waals surface area contributed by atoms with E-state index in [0.717, 1.165) is 28.4 Å². The maximum atomic E-state index is 6.43. The molecule has 0 saturated heterocycles. The molecule has 25 heavy (non-hydrogen) atoms. The lowest BCUT2D eigenvalue weighted by Gasteiger charge is -2.14. The fourth-order valence-electron chi connectivity index (χ4n) is 3.50. The van der Waals surface area contributed by atoms with Gasteiger partial charge < -0.3 is 5.32 Å². The third-order valence-corrected chi connectivity index (χ3v) is 5.21. The number of nitrogens with zero attached hydrogens (tertiary/aromatic N) is 4. The molecule has 1 fully saturated rings. The van der Waals surface area contributed by atoms with Crippen molar-refractivity contribution in [1.82, 2.24) is 19.6 Å². The molecule has 2 aromatic heterocycles. The number of hydrogen-bond donors (Lipinski definition) is 1. The Morgan fingerprint density at radius 1 is 1.12 bits per heavy atom. The molecule has 1 aromatic carbocycles. The van der Waals surface area contributed by atoms with E-state index < -0.39 is 0 Å². The van der Waals surface area contributed by atoms with Gasteiger partial charge in [0.1, 0.15) is 5.82 Å². The maximum Gasteiger partial charge on any atom is 0.227 e. The van der Waals surface area contributed by atoms with Crippen molar-refractivity contribution < 1.29 is 0 Å². The maximum absolute atomic E-state index is 6.43. The van der Waals surface area contributed by atoms with Gasteiger partial charge in [-0.05, 0) is 38.8 Å². The van der Waals surface area contributed by atoms with Crippen LogP contribution >= 0.6 is 23.2 Å². The van der Waals surface area contributed by atoms with Crippen molar-refractivity contribution in [3.8, 4) is 11.1 Å². The van der Waals surface area contributed by atoms with Crippen LogP contribution in [-0.4, -0.2) is 25.6 Å². The highest BCUT2D eigenvalue weighted by Crippen LogP contribution is 2.35. The van der Waals surface area contributed by atoms with E-state index in [9.17, 15) is 0 Å². The van der Waals surface area contributed by atoms with Crippen molar-refractivity contribution in [3.63, 3.8) is 0 Å². The third kappa shape index (κ3) is 3.07. The van der Waals surface area contributed by atoms with Crippen LogP contribution in [0.25, 0.3) is 16.8 Å². The topological polar surface area (TPSA) is 55.1 Å². The fourth-order valence-corrected chi connectivity index (χ4v) is 4.00. The Morgan fingerprint density at radius 3 is 2.60 bits per heavy atom. The van der Waals surface area contributed by atoms with Crippen LogP contribution in [0.15, 0.2) is 18.2 Å². The van der Waals surface area contributed by atoms with Crippen molar-refractivity contribution in [1.29, 1.82) is 0 Å². The van der Waals surface area contributed by atoms with Gasteiger partial charge in [0.05, 0.1) is 16.3 Å². The predicted octanol–water partition coefficient (Wildman–Crippen LogP) is 5.07. The molecule has 1 saturated carbocycles. The quantitative estimate of drug-likeness (QED) is 0.694.